The summed E-state index contributed by atoms with van der Waals surface area (Å²) >= 11 is 6.17. The molecule has 0 saturated carbocycles. The molecule has 0 aliphatic carbocycles. The lowest BCUT2D eigenvalue weighted by Gasteiger charge is -2.51. The Kier molecular flexibility index (Phi) is 7.54. The molecule has 4 N–H and O–H groups in total. The van der Waals surface area contributed by atoms with Crippen molar-refractivity contribution in [1.29, 1.82) is 0 Å². The number of carbonyl (C=O) groups is 1. The molecular weight excluding hydrogens is 510 g/mol. The Labute approximate surface area is 225 Å². The summed E-state index contributed by atoms with van der Waals surface area (Å²) in [5.74, 6) is -0.101. The quantitative estimate of drug-likeness (QED) is 0.220. The van der Waals surface area contributed by atoms with E-state index in [1.165, 1.54) is 5.06 Å². The predicted octanol–water partition coefficient (Wildman–Crippen LogP) is 5.67. The normalized spacial score (nSPS) is 17.0. The molecule has 1 aromatic heterocycles. The molecule has 4 rings (SSSR count). The van der Waals surface area contributed by atoms with Crippen LogP contribution in [0.25, 0.3) is 0 Å². The van der Waals surface area contributed by atoms with Gasteiger partial charge in [0, 0.05) is 28.4 Å². The van der Waals surface area contributed by atoms with Gasteiger partial charge in [-0.05, 0) is 76.9 Å². The van der Waals surface area contributed by atoms with Gasteiger partial charge in [-0.25, -0.2) is 4.98 Å². The third kappa shape index (κ3) is 6.01. The number of anilines is 4. The van der Waals surface area contributed by atoms with Gasteiger partial charge in [0.25, 0.3) is 5.91 Å². The van der Waals surface area contributed by atoms with Crippen LogP contribution in [-0.2, 0) is 0 Å². The van der Waals surface area contributed by atoms with E-state index in [9.17, 15) is 20.1 Å². The van der Waals surface area contributed by atoms with Crippen LogP contribution >= 0.6 is 11.6 Å². The van der Waals surface area contributed by atoms with Crippen molar-refractivity contribution in [2.75, 3.05) is 10.6 Å². The molecule has 1 fully saturated rings. The SMILES string of the molecule is CC1(C)CC(NC(=O)c2ccc(Nc3ncc([N+](=O)[O-])c(Nc4ccccc4Cl)n3)cc2)CC(C)(C)N1O. The number of hydrogen-bond donors (Lipinski definition) is 4. The Morgan fingerprint density at radius 1 is 1.08 bits per heavy atom. The van der Waals surface area contributed by atoms with Gasteiger partial charge >= 0.3 is 5.69 Å². The largest absolute Gasteiger partial charge is 0.349 e. The summed E-state index contributed by atoms with van der Waals surface area (Å²) in [6.07, 6.45) is 2.33. The Bertz CT molecular complexity index is 1330. The number of amides is 1. The first-order chi connectivity index (χ1) is 17.9. The number of halogens is 1. The second-order valence-corrected chi connectivity index (χ2v) is 10.9. The van der Waals surface area contributed by atoms with E-state index in [1.54, 1.807) is 48.5 Å². The van der Waals surface area contributed by atoms with E-state index in [2.05, 4.69) is 25.9 Å². The van der Waals surface area contributed by atoms with E-state index < -0.39 is 16.0 Å². The fourth-order valence-corrected chi connectivity index (χ4v) is 5.01. The fourth-order valence-electron chi connectivity index (χ4n) is 4.83. The summed E-state index contributed by atoms with van der Waals surface area (Å²) < 4.78 is 0. The van der Waals surface area contributed by atoms with E-state index in [0.29, 0.717) is 34.8 Å². The standard InChI is InChI=1S/C26H30ClN7O4/c1-25(2)13-18(14-26(3,4)34(25)38)29-23(35)16-9-11-17(12-10-16)30-24-28-15-21(33(36)37)22(32-24)31-20-8-6-5-7-19(20)27/h5-12,15,18,38H,13-14H2,1-4H3,(H,29,35)(H2,28,30,31,32). The molecule has 2 heterocycles. The summed E-state index contributed by atoms with van der Waals surface area (Å²) in [7, 11) is 0. The van der Waals surface area contributed by atoms with E-state index >= 15 is 0 Å². The molecule has 2 aromatic carbocycles. The topological polar surface area (TPSA) is 146 Å². The van der Waals surface area contributed by atoms with Crippen molar-refractivity contribution >= 4 is 46.3 Å². The van der Waals surface area contributed by atoms with Crippen molar-refractivity contribution in [1.82, 2.24) is 20.3 Å². The summed E-state index contributed by atoms with van der Waals surface area (Å²) in [6.45, 7) is 7.79. The maximum Gasteiger partial charge on any atom is 0.329 e. The number of piperidine rings is 1. The van der Waals surface area contributed by atoms with E-state index in [-0.39, 0.29) is 29.4 Å². The highest BCUT2D eigenvalue weighted by molar-refractivity contribution is 6.33. The van der Waals surface area contributed by atoms with Crippen molar-refractivity contribution in [2.24, 2.45) is 0 Å². The third-order valence-corrected chi connectivity index (χ3v) is 6.80. The zero-order chi connectivity index (χ0) is 27.7. The molecule has 38 heavy (non-hydrogen) atoms. The smallest absolute Gasteiger partial charge is 0.329 e. The Balaban J connectivity index is 1.46. The van der Waals surface area contributed by atoms with Crippen molar-refractivity contribution in [3.8, 4) is 0 Å². The first kappa shape index (κ1) is 27.2. The maximum atomic E-state index is 12.9. The Hall–Kier alpha value is -3.80. The number of hydrogen-bond acceptors (Lipinski definition) is 9. The minimum absolute atomic E-state index is 0.0172. The minimum Gasteiger partial charge on any atom is -0.349 e. The van der Waals surface area contributed by atoms with Gasteiger partial charge in [-0.2, -0.15) is 10.0 Å². The lowest BCUT2D eigenvalue weighted by molar-refractivity contribution is -0.384. The first-order valence-corrected chi connectivity index (χ1v) is 12.4. The monoisotopic (exact) mass is 539 g/mol. The molecule has 0 spiro atoms. The number of nitrogens with zero attached hydrogens (tertiary/aromatic N) is 4. The van der Waals surface area contributed by atoms with Gasteiger partial charge in [0.05, 0.1) is 15.6 Å². The van der Waals surface area contributed by atoms with Crippen LogP contribution in [0.3, 0.4) is 0 Å². The van der Waals surface area contributed by atoms with Crippen LogP contribution in [0, 0.1) is 10.1 Å². The van der Waals surface area contributed by atoms with Gasteiger partial charge in [0.1, 0.15) is 6.20 Å². The van der Waals surface area contributed by atoms with Gasteiger partial charge in [-0.15, -0.1) is 0 Å². The van der Waals surface area contributed by atoms with Crippen molar-refractivity contribution in [2.45, 2.75) is 57.7 Å². The minimum atomic E-state index is -0.580. The van der Waals surface area contributed by atoms with Crippen LogP contribution < -0.4 is 16.0 Å². The molecule has 1 amide bonds. The Morgan fingerprint density at radius 3 is 2.32 bits per heavy atom. The maximum absolute atomic E-state index is 12.9. The predicted molar refractivity (Wildman–Crippen MR) is 145 cm³/mol. The molecular formula is C26H30ClN7O4. The van der Waals surface area contributed by atoms with Crippen LogP contribution in [0.1, 0.15) is 50.9 Å². The summed E-state index contributed by atoms with van der Waals surface area (Å²) in [4.78, 5) is 32.1. The molecule has 12 heteroatoms. The van der Waals surface area contributed by atoms with E-state index in [0.717, 1.165) is 6.20 Å². The van der Waals surface area contributed by atoms with Crippen molar-refractivity contribution < 1.29 is 14.9 Å². The summed E-state index contributed by atoms with van der Waals surface area (Å²) in [6, 6.07) is 13.5. The molecule has 11 nitrogen and oxygen atoms in total. The zero-order valence-electron chi connectivity index (χ0n) is 21.5. The lowest BCUT2D eigenvalue weighted by atomic mass is 9.79. The van der Waals surface area contributed by atoms with Crippen LogP contribution in [0.5, 0.6) is 0 Å². The first-order valence-electron chi connectivity index (χ1n) is 12.1. The van der Waals surface area contributed by atoms with E-state index in [4.69, 9.17) is 11.6 Å². The number of para-hydroxylation sites is 1. The number of rotatable bonds is 7. The average molecular weight is 540 g/mol. The molecule has 0 unspecified atom stereocenters. The number of nitrogens with one attached hydrogen (secondary N) is 3. The Morgan fingerprint density at radius 2 is 1.71 bits per heavy atom. The zero-order valence-corrected chi connectivity index (χ0v) is 22.3. The molecule has 0 radical (unpaired) electrons. The number of carbonyl (C=O) groups excluding carboxylic acids is 1. The number of benzene rings is 2. The number of aromatic nitrogens is 2. The summed E-state index contributed by atoms with van der Waals surface area (Å²) in [5, 5.41) is 32.7. The second-order valence-electron chi connectivity index (χ2n) is 10.5. The van der Waals surface area contributed by atoms with Gasteiger partial charge < -0.3 is 21.2 Å². The molecule has 1 aliphatic heterocycles. The highest BCUT2D eigenvalue weighted by Crippen LogP contribution is 2.37. The highest BCUT2D eigenvalue weighted by Gasteiger charge is 2.45. The highest BCUT2D eigenvalue weighted by atomic mass is 35.5. The van der Waals surface area contributed by atoms with Gasteiger partial charge in [-0.3, -0.25) is 14.9 Å². The van der Waals surface area contributed by atoms with Crippen molar-refractivity contribution in [3.63, 3.8) is 0 Å². The molecule has 3 aromatic rings. The van der Waals surface area contributed by atoms with Gasteiger partial charge in [-0.1, -0.05) is 23.7 Å². The second kappa shape index (κ2) is 10.5. The molecule has 200 valence electrons. The fraction of sp³-hybridized carbons (Fsp3) is 0.346. The van der Waals surface area contributed by atoms with Crippen LogP contribution in [0.2, 0.25) is 5.02 Å². The lowest BCUT2D eigenvalue weighted by Crippen LogP contribution is -2.62. The summed E-state index contributed by atoms with van der Waals surface area (Å²) in [5.41, 5.74) is 0.281. The molecule has 0 bridgehead atoms. The molecule has 1 aliphatic rings. The van der Waals surface area contributed by atoms with Crippen LogP contribution in [-0.4, -0.2) is 48.2 Å². The van der Waals surface area contributed by atoms with Gasteiger partial charge in [0.15, 0.2) is 0 Å². The third-order valence-electron chi connectivity index (χ3n) is 6.47. The number of nitro groups is 1. The molecule has 0 atom stereocenters. The van der Waals surface area contributed by atoms with E-state index in [1.807, 2.05) is 27.7 Å². The number of hydroxylamine groups is 2. The van der Waals surface area contributed by atoms with Crippen LogP contribution in [0.4, 0.5) is 28.8 Å². The van der Waals surface area contributed by atoms with Crippen molar-refractivity contribution in [3.05, 3.63) is 75.4 Å². The van der Waals surface area contributed by atoms with Crippen LogP contribution in [0.15, 0.2) is 54.7 Å². The van der Waals surface area contributed by atoms with Gasteiger partial charge in [0.2, 0.25) is 11.8 Å². The molecule has 1 saturated heterocycles. The average Bonchev–Trinajstić information content (AvgIpc) is 2.84.